The molecule has 0 spiro atoms. The number of thiazole rings is 4. The summed E-state index contributed by atoms with van der Waals surface area (Å²) >= 11 is 6.43. The lowest BCUT2D eigenvalue weighted by Crippen LogP contribution is -2.55. The van der Waals surface area contributed by atoms with Crippen LogP contribution in [-0.4, -0.2) is 215 Å². The lowest BCUT2D eigenvalue weighted by molar-refractivity contribution is -0.144. The maximum atomic E-state index is 13.9. The summed E-state index contributed by atoms with van der Waals surface area (Å²) in [5.41, 5.74) is 23.6. The standard InChI is InChI=1S/C30H33N3O5S.C27H33N3O4S.C27H32N2O4S.C26H30N2O4S/c1-17(2)25(32-14-21-6-4-5-7-22(21)29(32)37)30(38)33-15-24(35)27(36)26(33)23(34)13-10-19-8-11-20(12-9-19)28-18(3)31-16-39-28;1-16-12-23(34-29-16)24(27(3,4)5)26(33)30-14-20(31)13-21(30)22(32)11-8-18-6-9-19(10-7-18)25-17(2)28-15-35-25;1-16(2)25(24-11-17(3)14-33-24)27(32)29-13-21(30)12-22(29)23(31)10-7-19-5-8-20(9-6-19)26-18(4)28-15-34-26;1-4-21(24-11-16(2)14-32-24)26(31)28-13-20(29)12-22(28)23(30)10-7-18-5-8-19(9-6-18)25-17(3)27-15-33-25/h4-9,11-12,16-17,24-27,35-36H,10,13-15H2,1-3H3;6-7,9-10,12,15,20-21,24,31H,8,11,13-14H2,1-5H3;5-6,8-9,11,14-16,21-22,25,30H,7,10,12-13H2,1-4H3;5-6,8-9,11,14-15,20-22,29H,4,7,10,12-13H2,1-3H3/t24-,25-,26+,27-;20-,21+,24-;21-,22+,25+;20-,21-,22+/m0111/s1. The molecule has 31 heteroatoms. The number of β-amino-alcohol motifs (C(OH)–C–C–N with tert-alkyl or cyclic N) is 4. The van der Waals surface area contributed by atoms with E-state index in [4.69, 9.17) is 13.4 Å². The van der Waals surface area contributed by atoms with Gasteiger partial charge in [-0.25, -0.2) is 19.9 Å². The van der Waals surface area contributed by atoms with Crippen LogP contribution in [-0.2, 0) is 70.6 Å². The highest BCUT2D eigenvalue weighted by atomic mass is 32.1. The zero-order chi connectivity index (χ0) is 101. The van der Waals surface area contributed by atoms with Gasteiger partial charge in [-0.2, -0.15) is 0 Å². The Morgan fingerprint density at radius 3 is 1.17 bits per heavy atom. The highest BCUT2D eigenvalue weighted by Gasteiger charge is 2.52. The molecule has 4 fully saturated rings. The molecule has 13 atom stereocenters. The molecule has 0 radical (unpaired) electrons. The third-order valence-electron chi connectivity index (χ3n) is 27.2. The van der Waals surface area contributed by atoms with Gasteiger partial charge in [0.25, 0.3) is 5.91 Å². The SMILES string of the molecule is CC[C@@H](C(=O)N1C[C@H](O)C[C@H]1C(=O)CCc1ccc(-c2scnc2C)cc1)c1cc(C)co1.Cc1cc([C@H](C(=O)N2C[C@H](O)C[C@H]2C(=O)CCc2ccc(-c3scnc3C)cc2)C(C)(C)C)on1.Cc1coc([C@@H](C(=O)N2C[C@H](O)C[C@H]2C(=O)CCc2ccc(-c3scnc3C)cc2)C(C)C)c1.Cc1ncsc1-c1ccc(CCC(=O)[C@@H]2[C@@H](O)[C@@H](O)CN2C(=O)[C@H](C(C)C)N2Cc3ccccc3C2=O)cc1. The van der Waals surface area contributed by atoms with Crippen molar-refractivity contribution in [1.29, 1.82) is 0 Å². The van der Waals surface area contributed by atoms with Gasteiger partial charge in [0.05, 0.1) is 143 Å². The summed E-state index contributed by atoms with van der Waals surface area (Å²) in [4.78, 5) is 150. The topological polar surface area (TPSA) is 375 Å². The van der Waals surface area contributed by atoms with Gasteiger partial charge < -0.3 is 63.4 Å². The number of fused-ring (bicyclic) bond motifs is 1. The number of aliphatic hydroxyl groups is 5. The lowest BCUT2D eigenvalue weighted by Gasteiger charge is -2.35. The molecule has 141 heavy (non-hydrogen) atoms. The largest absolute Gasteiger partial charge is 0.468 e. The van der Waals surface area contributed by atoms with Crippen LogP contribution >= 0.6 is 45.3 Å². The van der Waals surface area contributed by atoms with Gasteiger partial charge in [-0.1, -0.05) is 176 Å². The zero-order valence-corrected chi connectivity index (χ0v) is 85.9. The average Bonchev–Trinajstić information content (AvgIpc) is 1.53. The van der Waals surface area contributed by atoms with E-state index in [1.54, 1.807) is 95.7 Å². The zero-order valence-electron chi connectivity index (χ0n) is 82.7. The summed E-state index contributed by atoms with van der Waals surface area (Å²) < 4.78 is 16.7. The molecule has 5 aliphatic heterocycles. The molecule has 0 unspecified atom stereocenters. The molecule has 5 aliphatic rings. The number of carbonyl (C=O) groups excluding carboxylic acids is 9. The molecule has 0 aliphatic carbocycles. The summed E-state index contributed by atoms with van der Waals surface area (Å²) in [5.74, 6) is -1.52. The normalized spacial score (nSPS) is 19.8. The van der Waals surface area contributed by atoms with E-state index >= 15 is 0 Å². The van der Waals surface area contributed by atoms with Crippen molar-refractivity contribution in [3.05, 3.63) is 264 Å². The summed E-state index contributed by atoms with van der Waals surface area (Å²) in [7, 11) is 0. The number of hydrogen-bond donors (Lipinski definition) is 5. The van der Waals surface area contributed by atoms with Crippen molar-refractivity contribution in [3.8, 4) is 41.8 Å². The van der Waals surface area contributed by atoms with Gasteiger partial charge in [-0.3, -0.25) is 43.2 Å². The van der Waals surface area contributed by atoms with Crippen molar-refractivity contribution in [2.75, 3.05) is 26.2 Å². The monoisotopic (exact) mass is 1990 g/mol. The number of likely N-dealkylation sites (tertiary alicyclic amines) is 4. The molecular weight excluding hydrogens is 1860 g/mol. The Morgan fingerprint density at radius 1 is 0.447 bits per heavy atom. The van der Waals surface area contributed by atoms with Crippen LogP contribution in [0.4, 0.5) is 0 Å². The van der Waals surface area contributed by atoms with E-state index in [2.05, 4.69) is 61.5 Å². The van der Waals surface area contributed by atoms with Crippen molar-refractivity contribution in [2.24, 2.45) is 17.3 Å². The van der Waals surface area contributed by atoms with E-state index in [1.807, 2.05) is 211 Å². The number of benzene rings is 5. The van der Waals surface area contributed by atoms with Crippen molar-refractivity contribution >= 4 is 98.0 Å². The van der Waals surface area contributed by atoms with Crippen LogP contribution in [0, 0.1) is 65.7 Å². The fraction of sp³-hybridized carbons (Fsp3) is 0.436. The predicted molar refractivity (Wildman–Crippen MR) is 544 cm³/mol. The number of nitrogens with zero attached hydrogens (tertiary/aromatic N) is 10. The van der Waals surface area contributed by atoms with Gasteiger partial charge >= 0.3 is 0 Å². The fourth-order valence-electron chi connectivity index (χ4n) is 19.7. The Kier molecular flexibility index (Phi) is 34.6. The van der Waals surface area contributed by atoms with Crippen molar-refractivity contribution in [1.82, 2.24) is 49.6 Å². The maximum Gasteiger partial charge on any atom is 0.255 e. The van der Waals surface area contributed by atoms with Crippen molar-refractivity contribution < 1.29 is 82.0 Å². The third kappa shape index (κ3) is 24.9. The first-order valence-corrected chi connectivity index (χ1v) is 52.0. The first-order valence-electron chi connectivity index (χ1n) is 48.5. The quantitative estimate of drug-likeness (QED) is 0.0269. The molecule has 12 aromatic rings. The molecule has 5 aromatic carbocycles. The van der Waals surface area contributed by atoms with Gasteiger partial charge in [-0.15, -0.1) is 45.3 Å². The number of hydrogen-bond acceptors (Lipinski definition) is 26. The Morgan fingerprint density at radius 2 is 0.830 bits per heavy atom. The molecule has 5 amide bonds. The third-order valence-corrected chi connectivity index (χ3v) is 31.2. The summed E-state index contributed by atoms with van der Waals surface area (Å²) in [6.45, 7) is 29.8. The lowest BCUT2D eigenvalue weighted by atomic mass is 9.78. The summed E-state index contributed by atoms with van der Waals surface area (Å²) in [6.07, 6.45) is 3.29. The van der Waals surface area contributed by atoms with E-state index in [0.29, 0.717) is 92.9 Å². The van der Waals surface area contributed by atoms with Crippen molar-refractivity contribution in [2.45, 2.75) is 266 Å². The van der Waals surface area contributed by atoms with E-state index in [1.165, 1.54) is 4.90 Å². The van der Waals surface area contributed by atoms with Crippen LogP contribution < -0.4 is 0 Å². The molecule has 5 N–H and O–H groups in total. The molecule has 744 valence electrons. The van der Waals surface area contributed by atoms with E-state index in [-0.39, 0.29) is 104 Å². The molecule has 0 bridgehead atoms. The number of ketones is 4. The second kappa shape index (κ2) is 46.5. The van der Waals surface area contributed by atoms with Crippen LogP contribution in [0.15, 0.2) is 187 Å². The number of rotatable bonds is 31. The first-order chi connectivity index (χ1) is 67.3. The minimum atomic E-state index is -1.38. The predicted octanol–water partition coefficient (Wildman–Crippen LogP) is 17.5. The summed E-state index contributed by atoms with van der Waals surface area (Å²) in [6, 6.07) is 41.6. The van der Waals surface area contributed by atoms with E-state index in [0.717, 1.165) is 103 Å². The second-order valence-electron chi connectivity index (χ2n) is 39.6. The van der Waals surface area contributed by atoms with Gasteiger partial charge in [0.1, 0.15) is 41.4 Å². The van der Waals surface area contributed by atoms with Crippen LogP contribution in [0.25, 0.3) is 41.8 Å². The van der Waals surface area contributed by atoms with E-state index < -0.39 is 89.8 Å². The number of amides is 5. The van der Waals surface area contributed by atoms with Crippen LogP contribution in [0.3, 0.4) is 0 Å². The minimum Gasteiger partial charge on any atom is -0.468 e. The number of Topliss-reactive ketones (excluding diaryl/α,β-unsaturated/α-hetero) is 4. The number of carbonyl (C=O) groups is 9. The molecule has 17 rings (SSSR count). The number of aryl methyl sites for hydroxylation is 11. The smallest absolute Gasteiger partial charge is 0.255 e. The Labute approximate surface area is 839 Å². The van der Waals surface area contributed by atoms with Gasteiger partial charge in [0.2, 0.25) is 23.6 Å². The number of aromatic nitrogens is 5. The Bertz CT molecular complexity index is 6360. The summed E-state index contributed by atoms with van der Waals surface area (Å²) in [5, 5.41) is 56.1. The Hall–Kier alpha value is -11.8. The minimum absolute atomic E-state index is 0.00671. The molecular formula is C110H128N10O17S4. The fourth-order valence-corrected chi connectivity index (χ4v) is 23.0. The molecule has 27 nitrogen and oxygen atoms in total. The van der Waals surface area contributed by atoms with E-state index in [9.17, 15) is 68.7 Å². The Balaban J connectivity index is 0.000000150. The van der Waals surface area contributed by atoms with Crippen LogP contribution in [0.2, 0.25) is 0 Å². The molecule has 4 saturated heterocycles. The van der Waals surface area contributed by atoms with Crippen molar-refractivity contribution in [3.63, 3.8) is 0 Å². The molecule has 0 saturated carbocycles. The highest BCUT2D eigenvalue weighted by Crippen LogP contribution is 2.42. The second-order valence-corrected chi connectivity index (χ2v) is 43.0. The van der Waals surface area contributed by atoms with Crippen LogP contribution in [0.5, 0.6) is 0 Å². The number of aliphatic hydroxyl groups excluding tert-OH is 5. The van der Waals surface area contributed by atoms with Gasteiger partial charge in [-0.05, 0) is 177 Å². The average molecular weight is 1990 g/mol. The van der Waals surface area contributed by atoms with Crippen LogP contribution in [0.1, 0.15) is 220 Å². The van der Waals surface area contributed by atoms with Gasteiger partial charge in [0, 0.05) is 82.8 Å². The maximum absolute atomic E-state index is 13.9. The first kappa shape index (κ1) is 105. The highest BCUT2D eigenvalue weighted by molar-refractivity contribution is 7.14. The molecule has 7 aromatic heterocycles. The molecule has 12 heterocycles. The van der Waals surface area contributed by atoms with Gasteiger partial charge in [0.15, 0.2) is 23.1 Å². The number of furan rings is 2.